The van der Waals surface area contributed by atoms with Crippen LogP contribution in [0.15, 0.2) is 51.6 Å². The zero-order valence-electron chi connectivity index (χ0n) is 10.7. The van der Waals surface area contributed by atoms with Gasteiger partial charge in [-0.1, -0.05) is 18.2 Å². The lowest BCUT2D eigenvalue weighted by Gasteiger charge is -2.08. The molecule has 1 aliphatic rings. The minimum Gasteiger partial charge on any atom is -0.462 e. The second kappa shape index (κ2) is 6.56. The number of allylic oxidation sites excluding steroid dienone is 1. The first-order chi connectivity index (χ1) is 9.67. The number of hydrogen-bond donors (Lipinski definition) is 1. The third-order valence-electron chi connectivity index (χ3n) is 2.50. The van der Waals surface area contributed by atoms with Crippen molar-refractivity contribution in [1.29, 1.82) is 0 Å². The van der Waals surface area contributed by atoms with Gasteiger partial charge in [-0.3, -0.25) is 4.79 Å². The number of carbonyl (C=O) groups is 2. The molecule has 2 rings (SSSR count). The van der Waals surface area contributed by atoms with Gasteiger partial charge in [-0.2, -0.15) is 0 Å². The number of ketones is 1. The van der Waals surface area contributed by atoms with Crippen molar-refractivity contribution in [3.8, 4) is 0 Å². The van der Waals surface area contributed by atoms with Crippen molar-refractivity contribution in [2.45, 2.75) is 6.92 Å². The van der Waals surface area contributed by atoms with Gasteiger partial charge in [0.1, 0.15) is 0 Å². The molecule has 6 heteroatoms. The van der Waals surface area contributed by atoms with Gasteiger partial charge in [0, 0.05) is 9.77 Å². The molecule has 104 valence electrons. The number of nitrogens with one attached hydrogen (secondary N) is 1. The van der Waals surface area contributed by atoms with Crippen LogP contribution in [0, 0.1) is 0 Å². The summed E-state index contributed by atoms with van der Waals surface area (Å²) >= 11 is 1.89. The molecular weight excluding hydrogens is 373 g/mol. The number of ether oxygens (including phenoxy) is 2. The van der Waals surface area contributed by atoms with Gasteiger partial charge in [0.05, 0.1) is 6.61 Å². The lowest BCUT2D eigenvalue weighted by molar-refractivity contribution is -0.139. The molecule has 0 aliphatic carbocycles. The first-order valence-electron chi connectivity index (χ1n) is 5.93. The average Bonchev–Trinajstić information content (AvgIpc) is 2.76. The van der Waals surface area contributed by atoms with E-state index in [2.05, 4.69) is 5.32 Å². The molecule has 0 atom stereocenters. The van der Waals surface area contributed by atoms with E-state index in [0.717, 1.165) is 0 Å². The van der Waals surface area contributed by atoms with Gasteiger partial charge in [0.15, 0.2) is 11.3 Å². The van der Waals surface area contributed by atoms with E-state index in [1.165, 1.54) is 4.08 Å². The maximum absolute atomic E-state index is 12.1. The summed E-state index contributed by atoms with van der Waals surface area (Å²) in [5, 5.41) is 2.92. The monoisotopic (exact) mass is 385 g/mol. The first kappa shape index (κ1) is 14.6. The molecule has 0 radical (unpaired) electrons. The standard InChI is InChI=1S/C14H12INO4/c1-2-19-14(18)11-12(17)10(8-15)20-13(11)16-9-6-4-3-5-7-9/h3-8,16H,2H2,1H3/b10-8-. The third-order valence-corrected chi connectivity index (χ3v) is 3.07. The van der Waals surface area contributed by atoms with Gasteiger partial charge < -0.3 is 14.8 Å². The first-order valence-corrected chi connectivity index (χ1v) is 7.18. The number of halogens is 1. The largest absolute Gasteiger partial charge is 0.462 e. The Labute approximate surface area is 129 Å². The number of rotatable bonds is 4. The fourth-order valence-electron chi connectivity index (χ4n) is 1.63. The molecule has 0 spiro atoms. The summed E-state index contributed by atoms with van der Waals surface area (Å²) in [4.78, 5) is 23.9. The second-order valence-electron chi connectivity index (χ2n) is 3.82. The van der Waals surface area contributed by atoms with E-state index in [1.807, 2.05) is 40.8 Å². The summed E-state index contributed by atoms with van der Waals surface area (Å²) in [6, 6.07) is 9.13. The Kier molecular flexibility index (Phi) is 4.78. The van der Waals surface area contributed by atoms with Crippen molar-refractivity contribution in [1.82, 2.24) is 0 Å². The summed E-state index contributed by atoms with van der Waals surface area (Å²) in [5.41, 5.74) is 0.602. The maximum Gasteiger partial charge on any atom is 0.347 e. The fraction of sp³-hybridized carbons (Fsp3) is 0.143. The lowest BCUT2D eigenvalue weighted by Crippen LogP contribution is -2.16. The van der Waals surface area contributed by atoms with Crippen molar-refractivity contribution >= 4 is 40.0 Å². The Morgan fingerprint density at radius 3 is 2.70 bits per heavy atom. The molecule has 1 aromatic carbocycles. The maximum atomic E-state index is 12.1. The van der Waals surface area contributed by atoms with Crippen molar-refractivity contribution in [3.63, 3.8) is 0 Å². The molecule has 20 heavy (non-hydrogen) atoms. The second-order valence-corrected chi connectivity index (χ2v) is 4.44. The van der Waals surface area contributed by atoms with E-state index in [0.29, 0.717) is 5.69 Å². The number of carbonyl (C=O) groups excluding carboxylic acids is 2. The van der Waals surface area contributed by atoms with Crippen LogP contribution < -0.4 is 5.32 Å². The van der Waals surface area contributed by atoms with E-state index in [9.17, 15) is 9.59 Å². The molecule has 1 aromatic rings. The molecule has 5 nitrogen and oxygen atoms in total. The molecule has 0 fully saturated rings. The summed E-state index contributed by atoms with van der Waals surface area (Å²) in [7, 11) is 0. The number of para-hydroxylation sites is 1. The van der Waals surface area contributed by atoms with Crippen LogP contribution in [0.5, 0.6) is 0 Å². The molecular formula is C14H12INO4. The van der Waals surface area contributed by atoms with E-state index in [4.69, 9.17) is 9.47 Å². The minimum absolute atomic E-state index is 0.0996. The zero-order chi connectivity index (χ0) is 14.5. The normalized spacial score (nSPS) is 16.3. The molecule has 1 aliphatic heterocycles. The van der Waals surface area contributed by atoms with E-state index in [1.54, 1.807) is 19.1 Å². The topological polar surface area (TPSA) is 64.6 Å². The highest BCUT2D eigenvalue weighted by Gasteiger charge is 2.36. The van der Waals surface area contributed by atoms with Crippen molar-refractivity contribution in [2.75, 3.05) is 11.9 Å². The number of hydrogen-bond acceptors (Lipinski definition) is 5. The van der Waals surface area contributed by atoms with E-state index >= 15 is 0 Å². The zero-order valence-corrected chi connectivity index (χ0v) is 12.8. The van der Waals surface area contributed by atoms with Gasteiger partial charge in [0.2, 0.25) is 11.7 Å². The predicted molar refractivity (Wildman–Crippen MR) is 81.9 cm³/mol. The molecule has 1 N–H and O–H groups in total. The minimum atomic E-state index is -0.691. The van der Waals surface area contributed by atoms with Crippen LogP contribution in [-0.4, -0.2) is 18.4 Å². The van der Waals surface area contributed by atoms with E-state index < -0.39 is 11.8 Å². The molecule has 0 bridgehead atoms. The Bertz CT molecular complexity index is 592. The highest BCUT2D eigenvalue weighted by Crippen LogP contribution is 2.27. The number of esters is 1. The Balaban J connectivity index is 2.33. The Morgan fingerprint density at radius 1 is 1.40 bits per heavy atom. The van der Waals surface area contributed by atoms with Gasteiger partial charge in [-0.05, 0) is 41.6 Å². The average molecular weight is 385 g/mol. The Hall–Kier alpha value is -1.83. The molecule has 0 amide bonds. The van der Waals surface area contributed by atoms with Crippen molar-refractivity contribution in [2.24, 2.45) is 0 Å². The van der Waals surface area contributed by atoms with Crippen LogP contribution >= 0.6 is 22.6 Å². The molecule has 0 saturated carbocycles. The number of anilines is 1. The quantitative estimate of drug-likeness (QED) is 0.374. The summed E-state index contributed by atoms with van der Waals surface area (Å²) in [6.07, 6.45) is 0. The predicted octanol–water partition coefficient (Wildman–Crippen LogP) is 2.75. The molecule has 0 aromatic heterocycles. The number of benzene rings is 1. The smallest absolute Gasteiger partial charge is 0.347 e. The van der Waals surface area contributed by atoms with Crippen molar-refractivity contribution in [3.05, 3.63) is 51.6 Å². The van der Waals surface area contributed by atoms with E-state index in [-0.39, 0.29) is 23.8 Å². The van der Waals surface area contributed by atoms with Gasteiger partial charge in [0.25, 0.3) is 0 Å². The van der Waals surface area contributed by atoms with Gasteiger partial charge in [-0.25, -0.2) is 4.79 Å². The molecule has 0 saturated heterocycles. The molecule has 0 unspecified atom stereocenters. The van der Waals surface area contributed by atoms with Crippen LogP contribution in [0.1, 0.15) is 6.92 Å². The summed E-state index contributed by atoms with van der Waals surface area (Å²) in [6.45, 7) is 1.87. The van der Waals surface area contributed by atoms with Crippen molar-refractivity contribution < 1.29 is 19.1 Å². The highest BCUT2D eigenvalue weighted by molar-refractivity contribution is 14.1. The Morgan fingerprint density at radius 2 is 2.10 bits per heavy atom. The highest BCUT2D eigenvalue weighted by atomic mass is 127. The van der Waals surface area contributed by atoms with Gasteiger partial charge >= 0.3 is 5.97 Å². The van der Waals surface area contributed by atoms with Crippen LogP contribution in [0.3, 0.4) is 0 Å². The van der Waals surface area contributed by atoms with Crippen LogP contribution in [0.4, 0.5) is 5.69 Å². The lowest BCUT2D eigenvalue weighted by atomic mass is 10.2. The third kappa shape index (κ3) is 3.01. The SMILES string of the molecule is CCOC(=O)C1=C(Nc2ccccc2)O/C(=C\I)C1=O. The number of Topliss-reactive ketones (excluding diaryl/α,β-unsaturated/α-hetero) is 1. The summed E-state index contributed by atoms with van der Waals surface area (Å²) < 4.78 is 11.8. The molecule has 1 heterocycles. The summed E-state index contributed by atoms with van der Waals surface area (Å²) in [5.74, 6) is -0.963. The van der Waals surface area contributed by atoms with Crippen LogP contribution in [0.25, 0.3) is 0 Å². The van der Waals surface area contributed by atoms with Crippen LogP contribution in [-0.2, 0) is 19.1 Å². The van der Waals surface area contributed by atoms with Crippen LogP contribution in [0.2, 0.25) is 0 Å². The van der Waals surface area contributed by atoms with Gasteiger partial charge in [-0.15, -0.1) is 0 Å². The fourth-order valence-corrected chi connectivity index (χ4v) is 2.04.